The molecule has 3 heterocycles. The van der Waals surface area contributed by atoms with Gasteiger partial charge in [0.15, 0.2) is 0 Å². The molecule has 88 valence electrons. The van der Waals surface area contributed by atoms with Crippen LogP contribution < -0.4 is 5.32 Å². The zero-order chi connectivity index (χ0) is 11.0. The number of fused-ring (bicyclic) bond motifs is 1. The molecule has 16 heavy (non-hydrogen) atoms. The van der Waals surface area contributed by atoms with Crippen LogP contribution in [0.1, 0.15) is 18.5 Å². The Hall–Kier alpha value is -0.800. The number of nitrogens with one attached hydrogen (secondary N) is 1. The summed E-state index contributed by atoms with van der Waals surface area (Å²) in [7, 11) is 2.14. The Morgan fingerprint density at radius 1 is 1.44 bits per heavy atom. The van der Waals surface area contributed by atoms with Crippen molar-refractivity contribution in [3.63, 3.8) is 0 Å². The van der Waals surface area contributed by atoms with Crippen LogP contribution in [0.15, 0.2) is 18.3 Å². The first-order valence-electron chi connectivity index (χ1n) is 6.39. The fraction of sp³-hybridized carbons (Fsp3) is 0.692. The molecule has 0 unspecified atom stereocenters. The monoisotopic (exact) mass is 219 g/mol. The highest BCUT2D eigenvalue weighted by molar-refractivity contribution is 5.07. The maximum absolute atomic E-state index is 3.66. The van der Waals surface area contributed by atoms with E-state index >= 15 is 0 Å². The van der Waals surface area contributed by atoms with Crippen molar-refractivity contribution in [2.45, 2.75) is 25.4 Å². The quantitative estimate of drug-likeness (QED) is 0.807. The molecule has 2 fully saturated rings. The predicted octanol–water partition coefficient (Wildman–Crippen LogP) is 1.21. The van der Waals surface area contributed by atoms with Crippen molar-refractivity contribution in [2.24, 2.45) is 13.0 Å². The van der Waals surface area contributed by atoms with Crippen molar-refractivity contribution >= 4 is 0 Å². The molecule has 3 nitrogen and oxygen atoms in total. The Labute approximate surface area is 97.4 Å². The van der Waals surface area contributed by atoms with E-state index in [0.717, 1.165) is 18.5 Å². The minimum atomic E-state index is 0.758. The molecule has 2 aliphatic heterocycles. The molecule has 3 rings (SSSR count). The first-order chi connectivity index (χ1) is 7.83. The summed E-state index contributed by atoms with van der Waals surface area (Å²) < 4.78 is 2.23. The molecule has 3 heteroatoms. The molecule has 0 bridgehead atoms. The van der Waals surface area contributed by atoms with Crippen LogP contribution in [0.5, 0.6) is 0 Å². The van der Waals surface area contributed by atoms with E-state index in [1.807, 2.05) is 0 Å². The molecule has 0 radical (unpaired) electrons. The number of nitrogens with zero attached hydrogens (tertiary/aromatic N) is 2. The van der Waals surface area contributed by atoms with Crippen LogP contribution in [0.2, 0.25) is 0 Å². The minimum Gasteiger partial charge on any atom is -0.353 e. The fourth-order valence-electron chi connectivity index (χ4n) is 3.16. The van der Waals surface area contributed by atoms with Gasteiger partial charge in [0.05, 0.1) is 0 Å². The van der Waals surface area contributed by atoms with Crippen molar-refractivity contribution in [1.82, 2.24) is 14.8 Å². The SMILES string of the molecule is Cn1cccc1CN1C[C@@H]2CCCN[C@@H]2C1. The van der Waals surface area contributed by atoms with Gasteiger partial charge in [-0.15, -0.1) is 0 Å². The van der Waals surface area contributed by atoms with E-state index in [1.165, 1.54) is 38.2 Å². The number of aryl methyl sites for hydroxylation is 1. The van der Waals surface area contributed by atoms with E-state index in [4.69, 9.17) is 0 Å². The van der Waals surface area contributed by atoms with Crippen LogP contribution in [0.4, 0.5) is 0 Å². The van der Waals surface area contributed by atoms with E-state index < -0.39 is 0 Å². The molecule has 0 amide bonds. The first kappa shape index (κ1) is 10.4. The molecule has 1 aromatic heterocycles. The number of likely N-dealkylation sites (tertiary alicyclic amines) is 1. The summed E-state index contributed by atoms with van der Waals surface area (Å²) in [5.41, 5.74) is 1.43. The third-order valence-electron chi connectivity index (χ3n) is 4.11. The van der Waals surface area contributed by atoms with Crippen molar-refractivity contribution in [2.75, 3.05) is 19.6 Å². The Morgan fingerprint density at radius 2 is 2.38 bits per heavy atom. The van der Waals surface area contributed by atoms with Gasteiger partial charge in [0.2, 0.25) is 0 Å². The van der Waals surface area contributed by atoms with Crippen LogP contribution in [0, 0.1) is 5.92 Å². The van der Waals surface area contributed by atoms with Crippen molar-refractivity contribution in [1.29, 1.82) is 0 Å². The number of hydrogen-bond donors (Lipinski definition) is 1. The second-order valence-electron chi connectivity index (χ2n) is 5.27. The summed E-state index contributed by atoms with van der Waals surface area (Å²) >= 11 is 0. The second kappa shape index (κ2) is 4.22. The highest BCUT2D eigenvalue weighted by Crippen LogP contribution is 2.25. The van der Waals surface area contributed by atoms with Gasteiger partial charge in [-0.25, -0.2) is 0 Å². The van der Waals surface area contributed by atoms with Gasteiger partial charge in [-0.2, -0.15) is 0 Å². The van der Waals surface area contributed by atoms with Crippen LogP contribution in [-0.2, 0) is 13.6 Å². The third-order valence-corrected chi connectivity index (χ3v) is 4.11. The highest BCUT2D eigenvalue weighted by Gasteiger charge is 2.33. The van der Waals surface area contributed by atoms with Crippen molar-refractivity contribution in [3.05, 3.63) is 24.0 Å². The summed E-state index contributed by atoms with van der Waals surface area (Å²) in [6.07, 6.45) is 4.91. The molecule has 1 N–H and O–H groups in total. The molecular formula is C13H21N3. The molecule has 0 saturated carbocycles. The van der Waals surface area contributed by atoms with Gasteiger partial charge >= 0.3 is 0 Å². The fourth-order valence-corrected chi connectivity index (χ4v) is 3.16. The normalized spacial score (nSPS) is 30.6. The Morgan fingerprint density at radius 3 is 3.12 bits per heavy atom. The lowest BCUT2D eigenvalue weighted by atomic mass is 9.94. The first-order valence-corrected chi connectivity index (χ1v) is 6.39. The molecular weight excluding hydrogens is 198 g/mol. The van der Waals surface area contributed by atoms with Crippen LogP contribution in [0.25, 0.3) is 0 Å². The molecule has 0 spiro atoms. The van der Waals surface area contributed by atoms with E-state index in [-0.39, 0.29) is 0 Å². The van der Waals surface area contributed by atoms with Gasteiger partial charge in [0.25, 0.3) is 0 Å². The largest absolute Gasteiger partial charge is 0.353 e. The zero-order valence-corrected chi connectivity index (χ0v) is 10.0. The van der Waals surface area contributed by atoms with Gasteiger partial charge in [0.1, 0.15) is 0 Å². The van der Waals surface area contributed by atoms with Crippen LogP contribution >= 0.6 is 0 Å². The molecule has 0 aromatic carbocycles. The molecule has 2 aliphatic rings. The average molecular weight is 219 g/mol. The van der Waals surface area contributed by atoms with Crippen LogP contribution in [-0.4, -0.2) is 35.1 Å². The maximum atomic E-state index is 3.66. The van der Waals surface area contributed by atoms with Crippen molar-refractivity contribution < 1.29 is 0 Å². The second-order valence-corrected chi connectivity index (χ2v) is 5.27. The smallest absolute Gasteiger partial charge is 0.0387 e. The maximum Gasteiger partial charge on any atom is 0.0387 e. The summed E-state index contributed by atoms with van der Waals surface area (Å²) in [5, 5.41) is 3.66. The number of hydrogen-bond acceptors (Lipinski definition) is 2. The Bertz CT molecular complexity index is 344. The Kier molecular flexibility index (Phi) is 2.74. The van der Waals surface area contributed by atoms with Gasteiger partial charge in [0, 0.05) is 44.6 Å². The van der Waals surface area contributed by atoms with Crippen molar-refractivity contribution in [3.8, 4) is 0 Å². The van der Waals surface area contributed by atoms with Gasteiger partial charge in [-0.1, -0.05) is 0 Å². The number of rotatable bonds is 2. The number of aromatic nitrogens is 1. The summed E-state index contributed by atoms with van der Waals surface area (Å²) in [4.78, 5) is 2.60. The van der Waals surface area contributed by atoms with E-state index in [0.29, 0.717) is 0 Å². The molecule has 2 saturated heterocycles. The molecule has 2 atom stereocenters. The topological polar surface area (TPSA) is 20.2 Å². The highest BCUT2D eigenvalue weighted by atomic mass is 15.2. The lowest BCUT2D eigenvalue weighted by molar-refractivity contribution is 0.306. The summed E-state index contributed by atoms with van der Waals surface area (Å²) in [5.74, 6) is 0.897. The average Bonchev–Trinajstić information content (AvgIpc) is 2.85. The predicted molar refractivity (Wildman–Crippen MR) is 65.2 cm³/mol. The van der Waals surface area contributed by atoms with Gasteiger partial charge in [-0.3, -0.25) is 4.90 Å². The van der Waals surface area contributed by atoms with Crippen LogP contribution in [0.3, 0.4) is 0 Å². The minimum absolute atomic E-state index is 0.758. The molecule has 1 aromatic rings. The lowest BCUT2D eigenvalue weighted by Crippen LogP contribution is -2.40. The summed E-state index contributed by atoms with van der Waals surface area (Å²) in [6.45, 7) is 4.84. The lowest BCUT2D eigenvalue weighted by Gasteiger charge is -2.24. The zero-order valence-electron chi connectivity index (χ0n) is 10.0. The standard InChI is InChI=1S/C13H21N3/c1-15-7-3-5-12(15)9-16-8-11-4-2-6-14-13(11)10-16/h3,5,7,11,13-14H,2,4,6,8-10H2,1H3/t11-,13+/m0/s1. The number of piperidine rings is 1. The van der Waals surface area contributed by atoms with E-state index in [1.54, 1.807) is 0 Å². The summed E-state index contributed by atoms with van der Waals surface area (Å²) in [6, 6.07) is 5.13. The van der Waals surface area contributed by atoms with Gasteiger partial charge in [-0.05, 0) is 37.4 Å². The Balaban J connectivity index is 1.63. The molecule has 0 aliphatic carbocycles. The van der Waals surface area contributed by atoms with Gasteiger partial charge < -0.3 is 9.88 Å². The third kappa shape index (κ3) is 1.89. The van der Waals surface area contributed by atoms with E-state index in [2.05, 4.69) is 40.2 Å². The van der Waals surface area contributed by atoms with E-state index in [9.17, 15) is 0 Å².